The first-order valence-corrected chi connectivity index (χ1v) is 8.05. The number of nitrogen functional groups attached to an aromatic ring is 1. The van der Waals surface area contributed by atoms with Gasteiger partial charge >= 0.3 is 0 Å². The van der Waals surface area contributed by atoms with Crippen LogP contribution in [0.4, 0.5) is 11.4 Å². The maximum atomic E-state index is 12.3. The number of anilines is 2. The monoisotopic (exact) mass is 300 g/mol. The average Bonchev–Trinajstić information content (AvgIpc) is 2.95. The van der Waals surface area contributed by atoms with E-state index in [0.29, 0.717) is 35.7 Å². The molecule has 1 saturated carbocycles. The number of nitrogens with two attached hydrogens (primary N) is 1. The zero-order valence-corrected chi connectivity index (χ0v) is 12.5. The first kappa shape index (κ1) is 14.8. The Morgan fingerprint density at radius 3 is 2.25 bits per heavy atom. The predicted molar refractivity (Wildman–Crippen MR) is 78.8 cm³/mol. The molecule has 0 amide bonds. The summed E-state index contributed by atoms with van der Waals surface area (Å²) < 4.78 is 37.4. The van der Waals surface area contributed by atoms with Crippen molar-refractivity contribution in [3.05, 3.63) is 12.1 Å². The fraction of sp³-hybridized carbons (Fsp3) is 0.538. The van der Waals surface area contributed by atoms with Crippen LogP contribution < -0.4 is 19.9 Å². The van der Waals surface area contributed by atoms with Gasteiger partial charge in [-0.1, -0.05) is 12.8 Å². The Kier molecular flexibility index (Phi) is 4.27. The summed E-state index contributed by atoms with van der Waals surface area (Å²) in [4.78, 5) is 0. The summed E-state index contributed by atoms with van der Waals surface area (Å²) in [6, 6.07) is 3.09. The van der Waals surface area contributed by atoms with E-state index < -0.39 is 10.0 Å². The van der Waals surface area contributed by atoms with Gasteiger partial charge in [0.2, 0.25) is 10.0 Å². The highest BCUT2D eigenvalue weighted by molar-refractivity contribution is 7.93. The second kappa shape index (κ2) is 5.78. The van der Waals surface area contributed by atoms with Gasteiger partial charge in [0.15, 0.2) is 11.5 Å². The summed E-state index contributed by atoms with van der Waals surface area (Å²) in [5.41, 5.74) is 6.50. The number of hydrogen-bond donors (Lipinski definition) is 2. The molecule has 1 aromatic rings. The van der Waals surface area contributed by atoms with Crippen LogP contribution in [0, 0.1) is 0 Å². The molecule has 112 valence electrons. The fourth-order valence-corrected chi connectivity index (χ4v) is 4.02. The van der Waals surface area contributed by atoms with E-state index in [4.69, 9.17) is 15.2 Å². The highest BCUT2D eigenvalue weighted by Gasteiger charge is 2.29. The lowest BCUT2D eigenvalue weighted by atomic mass is 10.2. The van der Waals surface area contributed by atoms with Crippen molar-refractivity contribution in [1.29, 1.82) is 0 Å². The van der Waals surface area contributed by atoms with Gasteiger partial charge in [-0.05, 0) is 12.8 Å². The molecule has 3 N–H and O–H groups in total. The van der Waals surface area contributed by atoms with Crippen molar-refractivity contribution >= 4 is 21.4 Å². The van der Waals surface area contributed by atoms with Crippen molar-refractivity contribution in [1.82, 2.24) is 0 Å². The molecule has 0 spiro atoms. The van der Waals surface area contributed by atoms with Gasteiger partial charge in [0.1, 0.15) is 0 Å². The Hall–Kier alpha value is -1.63. The van der Waals surface area contributed by atoms with Crippen molar-refractivity contribution in [2.45, 2.75) is 30.9 Å². The molecule has 0 radical (unpaired) electrons. The van der Waals surface area contributed by atoms with Gasteiger partial charge in [-0.15, -0.1) is 0 Å². The molecule has 20 heavy (non-hydrogen) atoms. The smallest absolute Gasteiger partial charge is 0.235 e. The van der Waals surface area contributed by atoms with Crippen LogP contribution in [0.5, 0.6) is 11.5 Å². The lowest BCUT2D eigenvalue weighted by Crippen LogP contribution is -2.25. The number of hydrogen-bond acceptors (Lipinski definition) is 5. The van der Waals surface area contributed by atoms with Crippen LogP contribution in [0.1, 0.15) is 25.7 Å². The molecular weight excluding hydrogens is 280 g/mol. The van der Waals surface area contributed by atoms with Crippen molar-refractivity contribution in [2.75, 3.05) is 24.7 Å². The molecular formula is C13H20N2O4S. The molecule has 6 nitrogen and oxygen atoms in total. The van der Waals surface area contributed by atoms with Crippen LogP contribution in [-0.4, -0.2) is 27.9 Å². The third kappa shape index (κ3) is 2.92. The third-order valence-electron chi connectivity index (χ3n) is 3.55. The van der Waals surface area contributed by atoms with Gasteiger partial charge in [0.05, 0.1) is 30.8 Å². The number of sulfonamides is 1. The van der Waals surface area contributed by atoms with Crippen LogP contribution in [-0.2, 0) is 10.0 Å². The van der Waals surface area contributed by atoms with E-state index in [0.717, 1.165) is 12.8 Å². The van der Waals surface area contributed by atoms with E-state index in [1.165, 1.54) is 14.2 Å². The van der Waals surface area contributed by atoms with Gasteiger partial charge in [0, 0.05) is 12.1 Å². The van der Waals surface area contributed by atoms with Crippen molar-refractivity contribution in [3.8, 4) is 11.5 Å². The number of rotatable bonds is 5. The van der Waals surface area contributed by atoms with E-state index in [1.54, 1.807) is 12.1 Å². The minimum absolute atomic E-state index is 0.309. The SMILES string of the molecule is COc1cc(N)c(NS(=O)(=O)C2CCCC2)cc1OC. The summed E-state index contributed by atoms with van der Waals surface area (Å²) in [6.07, 6.45) is 3.30. The van der Waals surface area contributed by atoms with Crippen LogP contribution >= 0.6 is 0 Å². The van der Waals surface area contributed by atoms with Gasteiger partial charge in [0.25, 0.3) is 0 Å². The van der Waals surface area contributed by atoms with E-state index in [9.17, 15) is 8.42 Å². The molecule has 0 bridgehead atoms. The van der Waals surface area contributed by atoms with Crippen LogP contribution in [0.3, 0.4) is 0 Å². The topological polar surface area (TPSA) is 90.6 Å². The Balaban J connectivity index is 2.29. The molecule has 0 unspecified atom stereocenters. The van der Waals surface area contributed by atoms with Gasteiger partial charge < -0.3 is 15.2 Å². The Labute approximate surface area is 119 Å². The summed E-state index contributed by atoms with van der Waals surface area (Å²) >= 11 is 0. The highest BCUT2D eigenvalue weighted by Crippen LogP contribution is 2.36. The predicted octanol–water partition coefficient (Wildman–Crippen LogP) is 1.97. The molecule has 1 aliphatic carbocycles. The minimum Gasteiger partial charge on any atom is -0.493 e. The molecule has 0 heterocycles. The zero-order chi connectivity index (χ0) is 14.8. The summed E-state index contributed by atoms with van der Waals surface area (Å²) in [5.74, 6) is 0.902. The van der Waals surface area contributed by atoms with E-state index in [-0.39, 0.29) is 5.25 Å². The molecule has 0 saturated heterocycles. The molecule has 0 aliphatic heterocycles. The zero-order valence-electron chi connectivity index (χ0n) is 11.7. The van der Waals surface area contributed by atoms with Gasteiger partial charge in [-0.2, -0.15) is 0 Å². The molecule has 0 atom stereocenters. The fourth-order valence-electron chi connectivity index (χ4n) is 2.42. The average molecular weight is 300 g/mol. The van der Waals surface area contributed by atoms with Gasteiger partial charge in [-0.3, -0.25) is 4.72 Å². The van der Waals surface area contributed by atoms with Crippen LogP contribution in [0.15, 0.2) is 12.1 Å². The van der Waals surface area contributed by atoms with Crippen molar-refractivity contribution in [3.63, 3.8) is 0 Å². The standard InChI is InChI=1S/C13H20N2O4S/c1-18-12-7-10(14)11(8-13(12)19-2)15-20(16,17)9-5-3-4-6-9/h7-9,15H,3-6,14H2,1-2H3. The summed E-state index contributed by atoms with van der Waals surface area (Å²) in [5, 5.41) is -0.338. The highest BCUT2D eigenvalue weighted by atomic mass is 32.2. The van der Waals surface area contributed by atoms with E-state index in [2.05, 4.69) is 4.72 Å². The number of ether oxygens (including phenoxy) is 2. The maximum absolute atomic E-state index is 12.3. The lowest BCUT2D eigenvalue weighted by molar-refractivity contribution is 0.355. The van der Waals surface area contributed by atoms with Gasteiger partial charge in [-0.25, -0.2) is 8.42 Å². The largest absolute Gasteiger partial charge is 0.493 e. The molecule has 1 fully saturated rings. The third-order valence-corrected chi connectivity index (χ3v) is 5.40. The number of nitrogens with one attached hydrogen (secondary N) is 1. The van der Waals surface area contributed by atoms with Crippen LogP contribution in [0.25, 0.3) is 0 Å². The number of methoxy groups -OCH3 is 2. The molecule has 7 heteroatoms. The quantitative estimate of drug-likeness (QED) is 0.811. The number of benzene rings is 1. The van der Waals surface area contributed by atoms with Crippen molar-refractivity contribution in [2.24, 2.45) is 0 Å². The Morgan fingerprint density at radius 1 is 1.15 bits per heavy atom. The van der Waals surface area contributed by atoms with Crippen molar-refractivity contribution < 1.29 is 17.9 Å². The summed E-state index contributed by atoms with van der Waals surface area (Å²) in [7, 11) is -0.417. The minimum atomic E-state index is -3.41. The molecule has 1 aromatic carbocycles. The molecule has 0 aromatic heterocycles. The van der Waals surface area contributed by atoms with E-state index in [1.807, 2.05) is 0 Å². The second-order valence-corrected chi connectivity index (χ2v) is 6.81. The molecule has 2 rings (SSSR count). The Bertz CT molecular complexity index is 580. The molecule has 1 aliphatic rings. The lowest BCUT2D eigenvalue weighted by Gasteiger charge is -2.17. The first-order chi connectivity index (χ1) is 9.47. The first-order valence-electron chi connectivity index (χ1n) is 6.51. The van der Waals surface area contributed by atoms with Crippen LogP contribution in [0.2, 0.25) is 0 Å². The second-order valence-electron chi connectivity index (χ2n) is 4.85. The van der Waals surface area contributed by atoms with E-state index >= 15 is 0 Å². The normalized spacial score (nSPS) is 16.1. The Morgan fingerprint density at radius 2 is 1.70 bits per heavy atom. The maximum Gasteiger partial charge on any atom is 0.235 e. The summed E-state index contributed by atoms with van der Waals surface area (Å²) in [6.45, 7) is 0.